The molecule has 1 saturated heterocycles. The lowest BCUT2D eigenvalue weighted by Gasteiger charge is -2.33. The van der Waals surface area contributed by atoms with E-state index in [0.717, 1.165) is 5.56 Å². The van der Waals surface area contributed by atoms with Crippen LogP contribution in [0.2, 0.25) is 0 Å². The molecule has 0 saturated carbocycles. The number of hydrogen-bond acceptors (Lipinski definition) is 7. The predicted molar refractivity (Wildman–Crippen MR) is 98.2 cm³/mol. The van der Waals surface area contributed by atoms with Crippen molar-refractivity contribution in [1.82, 2.24) is 25.2 Å². The maximum atomic E-state index is 12.2. The summed E-state index contributed by atoms with van der Waals surface area (Å²) in [6.07, 6.45) is 6.12. The number of nitrogens with one attached hydrogen (secondary N) is 1. The zero-order chi connectivity index (χ0) is 19.1. The minimum atomic E-state index is -0.293. The van der Waals surface area contributed by atoms with Gasteiger partial charge in [0.25, 0.3) is 5.91 Å². The van der Waals surface area contributed by atoms with Crippen LogP contribution in [0.25, 0.3) is 0 Å². The lowest BCUT2D eigenvalue weighted by atomic mass is 10.2. The van der Waals surface area contributed by atoms with Gasteiger partial charge in [-0.3, -0.25) is 9.78 Å². The summed E-state index contributed by atoms with van der Waals surface area (Å²) in [5, 5.41) is 2.81. The fourth-order valence-corrected chi connectivity index (χ4v) is 2.69. The van der Waals surface area contributed by atoms with Crippen molar-refractivity contribution in [3.8, 4) is 0 Å². The highest BCUT2D eigenvalue weighted by Gasteiger charge is 2.23. The van der Waals surface area contributed by atoms with E-state index in [1.807, 2.05) is 17.0 Å². The van der Waals surface area contributed by atoms with Gasteiger partial charge in [0.1, 0.15) is 0 Å². The maximum Gasteiger partial charge on any atom is 0.409 e. The fourth-order valence-electron chi connectivity index (χ4n) is 2.69. The van der Waals surface area contributed by atoms with Crippen LogP contribution >= 0.6 is 0 Å². The number of pyridine rings is 1. The average Bonchev–Trinajstić information content (AvgIpc) is 2.73. The molecule has 1 fully saturated rings. The van der Waals surface area contributed by atoms with E-state index >= 15 is 0 Å². The van der Waals surface area contributed by atoms with E-state index in [9.17, 15) is 9.59 Å². The molecule has 2 amide bonds. The second-order valence-electron chi connectivity index (χ2n) is 5.99. The molecular formula is C18H22N6O3. The molecule has 142 valence electrons. The third kappa shape index (κ3) is 4.90. The van der Waals surface area contributed by atoms with E-state index < -0.39 is 0 Å². The van der Waals surface area contributed by atoms with Gasteiger partial charge in [-0.1, -0.05) is 6.07 Å². The summed E-state index contributed by atoms with van der Waals surface area (Å²) in [7, 11) is 0. The van der Waals surface area contributed by atoms with Crippen molar-refractivity contribution in [3.05, 3.63) is 48.0 Å². The molecule has 9 nitrogen and oxygen atoms in total. The monoisotopic (exact) mass is 370 g/mol. The molecule has 0 radical (unpaired) electrons. The molecule has 0 spiro atoms. The summed E-state index contributed by atoms with van der Waals surface area (Å²) in [4.78, 5) is 40.2. The Hall–Kier alpha value is -3.23. The van der Waals surface area contributed by atoms with E-state index in [0.29, 0.717) is 50.8 Å². The number of rotatable bonds is 5. The van der Waals surface area contributed by atoms with Crippen molar-refractivity contribution in [3.63, 3.8) is 0 Å². The van der Waals surface area contributed by atoms with Crippen LogP contribution in [0, 0.1) is 0 Å². The molecule has 0 atom stereocenters. The van der Waals surface area contributed by atoms with Gasteiger partial charge in [-0.2, -0.15) is 0 Å². The molecular weight excluding hydrogens is 348 g/mol. The second-order valence-corrected chi connectivity index (χ2v) is 5.99. The van der Waals surface area contributed by atoms with Crippen LogP contribution in [0.3, 0.4) is 0 Å². The number of nitrogens with zero attached hydrogens (tertiary/aromatic N) is 5. The topological polar surface area (TPSA) is 101 Å². The highest BCUT2D eigenvalue weighted by atomic mass is 16.6. The van der Waals surface area contributed by atoms with Crippen molar-refractivity contribution < 1.29 is 14.3 Å². The van der Waals surface area contributed by atoms with Crippen LogP contribution in [0.4, 0.5) is 10.7 Å². The van der Waals surface area contributed by atoms with E-state index in [-0.39, 0.29) is 12.0 Å². The third-order valence-corrected chi connectivity index (χ3v) is 4.16. The van der Waals surface area contributed by atoms with E-state index in [1.54, 1.807) is 24.2 Å². The third-order valence-electron chi connectivity index (χ3n) is 4.16. The number of amides is 2. The van der Waals surface area contributed by atoms with Crippen molar-refractivity contribution in [2.24, 2.45) is 0 Å². The molecule has 27 heavy (non-hydrogen) atoms. The predicted octanol–water partition coefficient (Wildman–Crippen LogP) is 1.08. The van der Waals surface area contributed by atoms with Gasteiger partial charge in [-0.15, -0.1) is 0 Å². The lowest BCUT2D eigenvalue weighted by molar-refractivity contribution is 0.0949. The van der Waals surface area contributed by atoms with Crippen LogP contribution < -0.4 is 10.2 Å². The van der Waals surface area contributed by atoms with Crippen molar-refractivity contribution in [1.29, 1.82) is 0 Å². The molecule has 2 aromatic heterocycles. The number of carbonyl (C=O) groups excluding carboxylic acids is 2. The van der Waals surface area contributed by atoms with Gasteiger partial charge in [-0.05, 0) is 18.6 Å². The van der Waals surface area contributed by atoms with Crippen LogP contribution in [0.5, 0.6) is 0 Å². The van der Waals surface area contributed by atoms with Crippen LogP contribution in [-0.2, 0) is 11.3 Å². The Bertz CT molecular complexity index is 760. The Morgan fingerprint density at radius 1 is 1.15 bits per heavy atom. The van der Waals surface area contributed by atoms with Crippen molar-refractivity contribution in [2.45, 2.75) is 13.5 Å². The zero-order valence-corrected chi connectivity index (χ0v) is 15.2. The molecule has 1 N–H and O–H groups in total. The summed E-state index contributed by atoms with van der Waals surface area (Å²) in [6, 6.07) is 3.71. The molecule has 1 aliphatic rings. The smallest absolute Gasteiger partial charge is 0.409 e. The van der Waals surface area contributed by atoms with Crippen LogP contribution in [-0.4, -0.2) is 64.6 Å². The van der Waals surface area contributed by atoms with Crippen molar-refractivity contribution in [2.75, 3.05) is 37.7 Å². The van der Waals surface area contributed by atoms with Gasteiger partial charge in [-0.25, -0.2) is 14.8 Å². The SMILES string of the molecule is CCOC(=O)N1CCN(c2ncc(C(=O)NCc3cccnc3)cn2)CC1. The van der Waals surface area contributed by atoms with Gasteiger partial charge in [0, 0.05) is 57.5 Å². The molecule has 2 aromatic rings. The van der Waals surface area contributed by atoms with Crippen molar-refractivity contribution >= 4 is 17.9 Å². The Morgan fingerprint density at radius 2 is 1.89 bits per heavy atom. The molecule has 3 heterocycles. The van der Waals surface area contributed by atoms with Gasteiger partial charge < -0.3 is 19.9 Å². The highest BCUT2D eigenvalue weighted by Crippen LogP contribution is 2.12. The summed E-state index contributed by atoms with van der Waals surface area (Å²) < 4.78 is 5.01. The minimum absolute atomic E-state index is 0.238. The molecule has 9 heteroatoms. The number of hydrogen-bond donors (Lipinski definition) is 1. The largest absolute Gasteiger partial charge is 0.450 e. The summed E-state index contributed by atoms with van der Waals surface area (Å²) in [5.74, 6) is 0.305. The van der Waals surface area contributed by atoms with Gasteiger partial charge in [0.15, 0.2) is 0 Å². The number of carbonyl (C=O) groups is 2. The Balaban J connectivity index is 1.51. The van der Waals surface area contributed by atoms with E-state index in [4.69, 9.17) is 4.74 Å². The Morgan fingerprint density at radius 3 is 2.52 bits per heavy atom. The normalized spacial score (nSPS) is 14.0. The first kappa shape index (κ1) is 18.6. The van der Waals surface area contributed by atoms with E-state index in [1.165, 1.54) is 12.4 Å². The Kier molecular flexibility index (Phi) is 6.14. The first-order chi connectivity index (χ1) is 13.2. The number of anilines is 1. The van der Waals surface area contributed by atoms with Gasteiger partial charge >= 0.3 is 6.09 Å². The molecule has 0 bridgehead atoms. The van der Waals surface area contributed by atoms with Gasteiger partial charge in [0.2, 0.25) is 5.95 Å². The zero-order valence-electron chi connectivity index (χ0n) is 15.2. The average molecular weight is 370 g/mol. The van der Waals surface area contributed by atoms with Crippen LogP contribution in [0.1, 0.15) is 22.8 Å². The molecule has 0 aromatic carbocycles. The standard InChI is InChI=1S/C18H22N6O3/c1-2-27-18(26)24-8-6-23(7-9-24)17-21-12-15(13-22-17)16(25)20-11-14-4-3-5-19-10-14/h3-5,10,12-13H,2,6-9,11H2,1H3,(H,20,25). The van der Waals surface area contributed by atoms with Crippen LogP contribution in [0.15, 0.2) is 36.9 Å². The first-order valence-corrected chi connectivity index (χ1v) is 8.83. The summed E-state index contributed by atoms with van der Waals surface area (Å²) in [6.45, 7) is 4.88. The van der Waals surface area contributed by atoms with Gasteiger partial charge in [0.05, 0.1) is 12.2 Å². The minimum Gasteiger partial charge on any atom is -0.450 e. The highest BCUT2D eigenvalue weighted by molar-refractivity contribution is 5.93. The van der Waals surface area contributed by atoms with E-state index in [2.05, 4.69) is 20.3 Å². The Labute approximate surface area is 157 Å². The molecule has 3 rings (SSSR count). The lowest BCUT2D eigenvalue weighted by Crippen LogP contribution is -2.49. The number of aromatic nitrogens is 3. The first-order valence-electron chi connectivity index (χ1n) is 8.83. The summed E-state index contributed by atoms with van der Waals surface area (Å²) in [5.41, 5.74) is 1.32. The molecule has 1 aliphatic heterocycles. The maximum absolute atomic E-state index is 12.2. The second kappa shape index (κ2) is 8.93. The number of piperazine rings is 1. The quantitative estimate of drug-likeness (QED) is 0.840. The number of ether oxygens (including phenoxy) is 1. The fraction of sp³-hybridized carbons (Fsp3) is 0.389. The molecule has 0 aliphatic carbocycles. The summed E-state index contributed by atoms with van der Waals surface area (Å²) >= 11 is 0. The molecule has 0 unspecified atom stereocenters.